The van der Waals surface area contributed by atoms with Gasteiger partial charge in [0.15, 0.2) is 30.4 Å². The van der Waals surface area contributed by atoms with Crippen molar-refractivity contribution in [3.8, 4) is 11.5 Å². The summed E-state index contributed by atoms with van der Waals surface area (Å²) in [4.78, 5) is 21.4. The van der Waals surface area contributed by atoms with Crippen molar-refractivity contribution in [1.82, 2.24) is 0 Å². The Morgan fingerprint density at radius 2 is 1.53 bits per heavy atom. The lowest BCUT2D eigenvalue weighted by atomic mass is 10.0. The van der Waals surface area contributed by atoms with Crippen molar-refractivity contribution in [2.24, 2.45) is 0 Å². The van der Waals surface area contributed by atoms with Crippen molar-refractivity contribution in [2.75, 3.05) is 21.3 Å². The third kappa shape index (κ3) is 8.08. The van der Waals surface area contributed by atoms with E-state index in [4.69, 9.17) is 28.6 Å². The van der Waals surface area contributed by atoms with Crippen LogP contribution in [0, 0.1) is 0 Å². The molecule has 170 valence electrons. The van der Waals surface area contributed by atoms with Gasteiger partial charge in [0.2, 0.25) is 0 Å². The van der Waals surface area contributed by atoms with Crippen LogP contribution in [0.2, 0.25) is 0 Å². The summed E-state index contributed by atoms with van der Waals surface area (Å²) in [7, 11) is 5.51. The first kappa shape index (κ1) is 26.1. The van der Waals surface area contributed by atoms with Crippen molar-refractivity contribution < 1.29 is 38.3 Å². The summed E-state index contributed by atoms with van der Waals surface area (Å²) in [6.07, 6.45) is 2.10. The number of rotatable bonds is 13. The quantitative estimate of drug-likeness (QED) is 0.152. The van der Waals surface area contributed by atoms with Gasteiger partial charge >= 0.3 is 5.97 Å². The molecule has 0 amide bonds. The van der Waals surface area contributed by atoms with Crippen molar-refractivity contribution in [3.63, 3.8) is 0 Å². The number of benzene rings is 1. The van der Waals surface area contributed by atoms with Crippen LogP contribution >= 0.6 is 0 Å². The molecule has 0 aromatic heterocycles. The predicted octanol–water partition coefficient (Wildman–Crippen LogP) is 2.73. The summed E-state index contributed by atoms with van der Waals surface area (Å²) >= 11 is 0. The Kier molecular flexibility index (Phi) is 11.7. The highest BCUT2D eigenvalue weighted by Crippen LogP contribution is 2.41. The van der Waals surface area contributed by atoms with Crippen LogP contribution in [-0.4, -0.2) is 56.4 Å². The minimum absolute atomic E-state index is 0.358. The zero-order valence-corrected chi connectivity index (χ0v) is 21.1. The fraction of sp³-hybridized carbons (Fsp3) is 0.571. The molecule has 1 rings (SSSR count). The molecule has 0 bridgehead atoms. The number of hydrogen-bond donors (Lipinski definition) is 0. The van der Waals surface area contributed by atoms with Gasteiger partial charge in [-0.15, -0.1) is 0 Å². The third-order valence-electron chi connectivity index (χ3n) is 4.54. The Bertz CT molecular complexity index is 694. The lowest BCUT2D eigenvalue weighted by Crippen LogP contribution is -2.20. The average molecular weight is 443 g/mol. The molecule has 0 heterocycles. The van der Waals surface area contributed by atoms with Gasteiger partial charge in [-0.3, -0.25) is 4.89 Å². The van der Waals surface area contributed by atoms with Gasteiger partial charge in [-0.2, -0.15) is 4.89 Å². The molecular formula is C21H34O8Si. The van der Waals surface area contributed by atoms with E-state index >= 15 is 0 Å². The van der Waals surface area contributed by atoms with E-state index in [9.17, 15) is 4.79 Å². The Labute approximate surface area is 181 Å². The topological polar surface area (TPSA) is 81.7 Å². The maximum Gasteiger partial charge on any atom is 0.366 e. The summed E-state index contributed by atoms with van der Waals surface area (Å²) < 4.78 is 27.5. The van der Waals surface area contributed by atoms with Gasteiger partial charge in [-0.05, 0) is 38.0 Å². The second kappa shape index (κ2) is 13.4. The molecule has 0 saturated carbocycles. The fourth-order valence-electron chi connectivity index (χ4n) is 2.34. The molecule has 0 radical (unpaired) electrons. The molecule has 0 spiro atoms. The lowest BCUT2D eigenvalue weighted by Gasteiger charge is -2.25. The van der Waals surface area contributed by atoms with Gasteiger partial charge in [0.1, 0.15) is 0 Å². The zero-order chi connectivity index (χ0) is 22.7. The molecule has 0 aliphatic carbocycles. The summed E-state index contributed by atoms with van der Waals surface area (Å²) in [5.41, 5.74) is 2.02. The van der Waals surface area contributed by atoms with Crippen LogP contribution in [0.15, 0.2) is 18.2 Å². The van der Waals surface area contributed by atoms with Gasteiger partial charge in [0, 0.05) is 43.2 Å². The molecule has 0 N–H and O–H groups in total. The molecule has 0 aliphatic heterocycles. The maximum absolute atomic E-state index is 12.0. The van der Waals surface area contributed by atoms with Crippen LogP contribution < -0.4 is 9.47 Å². The molecule has 0 aliphatic rings. The second-order valence-corrected chi connectivity index (χ2v) is 8.08. The van der Waals surface area contributed by atoms with Crippen LogP contribution in [0.5, 0.6) is 11.5 Å². The lowest BCUT2D eigenvalue weighted by molar-refractivity contribution is -0.339. The van der Waals surface area contributed by atoms with E-state index in [1.165, 1.54) is 13.2 Å². The Morgan fingerprint density at radius 3 is 2.07 bits per heavy atom. The molecule has 0 saturated heterocycles. The molecule has 4 unspecified atom stereocenters. The van der Waals surface area contributed by atoms with Crippen molar-refractivity contribution in [2.45, 2.75) is 58.5 Å². The monoisotopic (exact) mass is 442 g/mol. The number of carbonyl (C=O) groups excluding carboxylic acids is 1. The van der Waals surface area contributed by atoms with E-state index in [2.05, 4.69) is 11.8 Å². The third-order valence-corrected chi connectivity index (χ3v) is 5.98. The van der Waals surface area contributed by atoms with E-state index in [0.29, 0.717) is 22.6 Å². The Morgan fingerprint density at radius 1 is 0.967 bits per heavy atom. The van der Waals surface area contributed by atoms with Gasteiger partial charge in [-0.25, -0.2) is 4.79 Å². The number of hydrogen-bond acceptors (Lipinski definition) is 8. The molecule has 30 heavy (non-hydrogen) atoms. The molecule has 0 fully saturated rings. The van der Waals surface area contributed by atoms with Gasteiger partial charge in [-0.1, -0.05) is 25.5 Å². The van der Waals surface area contributed by atoms with Crippen molar-refractivity contribution >= 4 is 22.3 Å². The minimum Gasteiger partial charge on any atom is -0.461 e. The predicted molar refractivity (Wildman–Crippen MR) is 116 cm³/mol. The van der Waals surface area contributed by atoms with E-state index in [0.717, 1.165) is 22.2 Å². The summed E-state index contributed by atoms with van der Waals surface area (Å²) in [6, 6.07) is 3.86. The van der Waals surface area contributed by atoms with Gasteiger partial charge in [0.05, 0.1) is 0 Å². The number of methoxy groups -OCH3 is 3. The largest absolute Gasteiger partial charge is 0.461 e. The van der Waals surface area contributed by atoms with Crippen molar-refractivity contribution in [1.29, 1.82) is 0 Å². The fourth-order valence-corrected chi connectivity index (χ4v) is 2.80. The van der Waals surface area contributed by atoms with Crippen LogP contribution in [0.3, 0.4) is 0 Å². The number of carbonyl (C=O) groups is 1. The van der Waals surface area contributed by atoms with Crippen LogP contribution in [0.4, 0.5) is 0 Å². The first-order chi connectivity index (χ1) is 14.3. The van der Waals surface area contributed by atoms with Crippen LogP contribution in [-0.2, 0) is 28.8 Å². The molecule has 4 atom stereocenters. The zero-order valence-electron chi connectivity index (χ0n) is 19.1. The molecular weight excluding hydrogens is 408 g/mol. The smallest absolute Gasteiger partial charge is 0.366 e. The first-order valence-electron chi connectivity index (χ1n) is 9.91. The van der Waals surface area contributed by atoms with Crippen LogP contribution in [0.1, 0.15) is 50.8 Å². The average Bonchev–Trinajstić information content (AvgIpc) is 2.76. The summed E-state index contributed by atoms with van der Waals surface area (Å²) in [5.74, 6) is 0.362. The molecule has 8 nitrogen and oxygen atoms in total. The van der Waals surface area contributed by atoms with Crippen molar-refractivity contribution in [3.05, 3.63) is 29.3 Å². The first-order valence-corrected chi connectivity index (χ1v) is 11.1. The summed E-state index contributed by atoms with van der Waals surface area (Å²) in [6.45, 7) is 7.31. The molecule has 9 heteroatoms. The SMILES string of the molecule is CCC([SiH3])c1ccc(C=CC(=O)OOC(C)OC)c(OC(C)OC)c1OC(C)OC. The highest BCUT2D eigenvalue weighted by molar-refractivity contribution is 6.12. The van der Waals surface area contributed by atoms with Gasteiger partial charge < -0.3 is 23.7 Å². The molecule has 1 aromatic rings. The minimum atomic E-state index is -0.684. The van der Waals surface area contributed by atoms with E-state index in [1.807, 2.05) is 12.1 Å². The van der Waals surface area contributed by atoms with E-state index < -0.39 is 24.8 Å². The highest BCUT2D eigenvalue weighted by Gasteiger charge is 2.22. The summed E-state index contributed by atoms with van der Waals surface area (Å²) in [5, 5.41) is 0. The normalized spacial score (nSPS) is 15.6. The highest BCUT2D eigenvalue weighted by atomic mass is 28.1. The van der Waals surface area contributed by atoms with E-state index in [1.54, 1.807) is 41.1 Å². The van der Waals surface area contributed by atoms with Gasteiger partial charge in [0.25, 0.3) is 0 Å². The maximum atomic E-state index is 12.0. The Balaban J connectivity index is 3.33. The molecule has 1 aromatic carbocycles. The van der Waals surface area contributed by atoms with E-state index in [-0.39, 0.29) is 0 Å². The number of ether oxygens (including phenoxy) is 5. The van der Waals surface area contributed by atoms with Crippen LogP contribution in [0.25, 0.3) is 6.08 Å². The second-order valence-electron chi connectivity index (χ2n) is 6.69. The standard InChI is InChI=1S/C21H34O8Si/c1-8-18(30)17-11-9-16(10-12-19(22)29-28-15(4)25-7)20(26-13(2)23-5)21(17)27-14(3)24-6/h9-15,18H,8H2,1-7,30H3. The Hall–Kier alpha value is -1.91.